The maximum atomic E-state index is 12.1. The molecule has 2 rings (SSSR count). The van der Waals surface area contributed by atoms with Crippen LogP contribution in [0.15, 0.2) is 24.3 Å². The van der Waals surface area contributed by atoms with Gasteiger partial charge in [0.2, 0.25) is 5.91 Å². The van der Waals surface area contributed by atoms with Crippen molar-refractivity contribution in [2.45, 2.75) is 19.8 Å². The van der Waals surface area contributed by atoms with Crippen LogP contribution in [0.1, 0.15) is 19.8 Å². The Morgan fingerprint density at radius 3 is 2.86 bits per heavy atom. The molecule has 1 aromatic carbocycles. The van der Waals surface area contributed by atoms with Gasteiger partial charge in [0.15, 0.2) is 0 Å². The van der Waals surface area contributed by atoms with Crippen LogP contribution >= 0.6 is 0 Å². The lowest BCUT2D eigenvalue weighted by Crippen LogP contribution is -2.43. The van der Waals surface area contributed by atoms with Gasteiger partial charge in [0.05, 0.1) is 32.1 Å². The predicted molar refractivity (Wildman–Crippen MR) is 82.7 cm³/mol. The number of anilines is 1. The first-order chi connectivity index (χ1) is 10.3. The van der Waals surface area contributed by atoms with Crippen molar-refractivity contribution in [2.24, 2.45) is 0 Å². The highest BCUT2D eigenvalue weighted by molar-refractivity contribution is 5.81. The van der Waals surface area contributed by atoms with Gasteiger partial charge in [-0.1, -0.05) is 25.5 Å². The van der Waals surface area contributed by atoms with E-state index >= 15 is 0 Å². The first-order valence-electron chi connectivity index (χ1n) is 7.62. The molecule has 1 saturated heterocycles. The summed E-state index contributed by atoms with van der Waals surface area (Å²) in [5.74, 6) is 0.905. The standard InChI is InChI=1S/C16H24N2O3/c1-2-3-10-21-15-7-5-4-6-14(15)17-13-16(19)18-8-11-20-12-9-18/h4-7,17H,2-3,8-13H2,1H3. The number of nitrogens with zero attached hydrogens (tertiary/aromatic N) is 1. The molecular formula is C16H24N2O3. The number of hydrogen-bond donors (Lipinski definition) is 1. The fourth-order valence-corrected chi connectivity index (χ4v) is 2.16. The van der Waals surface area contributed by atoms with Crippen molar-refractivity contribution in [2.75, 3.05) is 44.8 Å². The first-order valence-corrected chi connectivity index (χ1v) is 7.62. The second-order valence-corrected chi connectivity index (χ2v) is 5.04. The number of morpholine rings is 1. The molecule has 1 aromatic rings. The van der Waals surface area contributed by atoms with Gasteiger partial charge in [-0.3, -0.25) is 4.79 Å². The van der Waals surface area contributed by atoms with Crippen LogP contribution in [0.4, 0.5) is 5.69 Å². The molecular weight excluding hydrogens is 268 g/mol. The summed E-state index contributed by atoms with van der Waals surface area (Å²) in [5.41, 5.74) is 0.871. The van der Waals surface area contributed by atoms with Crippen LogP contribution in [0, 0.1) is 0 Å². The fourth-order valence-electron chi connectivity index (χ4n) is 2.16. The van der Waals surface area contributed by atoms with E-state index in [0.717, 1.165) is 24.3 Å². The molecule has 0 atom stereocenters. The Bertz CT molecular complexity index is 445. The molecule has 0 saturated carbocycles. The second-order valence-electron chi connectivity index (χ2n) is 5.04. The van der Waals surface area contributed by atoms with E-state index in [4.69, 9.17) is 9.47 Å². The van der Waals surface area contributed by atoms with E-state index in [9.17, 15) is 4.79 Å². The minimum atomic E-state index is 0.0988. The van der Waals surface area contributed by atoms with Gasteiger partial charge in [0, 0.05) is 13.1 Å². The van der Waals surface area contributed by atoms with Crippen LogP contribution in [-0.4, -0.2) is 50.3 Å². The van der Waals surface area contributed by atoms with E-state index in [2.05, 4.69) is 12.2 Å². The summed E-state index contributed by atoms with van der Waals surface area (Å²) >= 11 is 0. The van der Waals surface area contributed by atoms with Crippen LogP contribution in [0.5, 0.6) is 5.75 Å². The van der Waals surface area contributed by atoms with Crippen molar-refractivity contribution in [1.82, 2.24) is 4.90 Å². The Labute approximate surface area is 126 Å². The number of amides is 1. The first kappa shape index (κ1) is 15.6. The Kier molecular flexibility index (Phi) is 6.34. The molecule has 5 nitrogen and oxygen atoms in total. The highest BCUT2D eigenvalue weighted by Crippen LogP contribution is 2.23. The van der Waals surface area contributed by atoms with Crippen molar-refractivity contribution < 1.29 is 14.3 Å². The molecule has 1 aliphatic rings. The lowest BCUT2D eigenvalue weighted by atomic mass is 10.3. The maximum absolute atomic E-state index is 12.1. The van der Waals surface area contributed by atoms with Gasteiger partial charge >= 0.3 is 0 Å². The smallest absolute Gasteiger partial charge is 0.242 e. The lowest BCUT2D eigenvalue weighted by molar-refractivity contribution is -0.133. The third kappa shape index (κ3) is 4.93. The van der Waals surface area contributed by atoms with E-state index in [1.54, 1.807) is 0 Å². The number of carbonyl (C=O) groups excluding carboxylic acids is 1. The fraction of sp³-hybridized carbons (Fsp3) is 0.562. The highest BCUT2D eigenvalue weighted by Gasteiger charge is 2.16. The lowest BCUT2D eigenvalue weighted by Gasteiger charge is -2.27. The van der Waals surface area contributed by atoms with Crippen LogP contribution in [0.3, 0.4) is 0 Å². The zero-order valence-electron chi connectivity index (χ0n) is 12.6. The molecule has 1 aliphatic heterocycles. The normalized spacial score (nSPS) is 14.8. The third-order valence-corrected chi connectivity index (χ3v) is 3.44. The van der Waals surface area contributed by atoms with E-state index < -0.39 is 0 Å². The molecule has 0 spiro atoms. The Balaban J connectivity index is 1.85. The minimum absolute atomic E-state index is 0.0988. The minimum Gasteiger partial charge on any atom is -0.491 e. The van der Waals surface area contributed by atoms with Crippen molar-refractivity contribution in [3.8, 4) is 5.75 Å². The zero-order valence-corrected chi connectivity index (χ0v) is 12.6. The third-order valence-electron chi connectivity index (χ3n) is 3.44. The summed E-state index contributed by atoms with van der Waals surface area (Å²) in [6, 6.07) is 7.75. The molecule has 1 fully saturated rings. The van der Waals surface area contributed by atoms with Crippen LogP contribution in [0.2, 0.25) is 0 Å². The molecule has 1 amide bonds. The average Bonchev–Trinajstić information content (AvgIpc) is 2.54. The summed E-state index contributed by atoms with van der Waals surface area (Å²) < 4.78 is 11.0. The summed E-state index contributed by atoms with van der Waals surface area (Å²) in [5, 5.41) is 3.18. The second kappa shape index (κ2) is 8.52. The zero-order chi connectivity index (χ0) is 14.9. The van der Waals surface area contributed by atoms with Crippen LogP contribution < -0.4 is 10.1 Å². The van der Waals surface area contributed by atoms with Crippen molar-refractivity contribution in [3.63, 3.8) is 0 Å². The average molecular weight is 292 g/mol. The molecule has 0 aliphatic carbocycles. The quantitative estimate of drug-likeness (QED) is 0.782. The van der Waals surface area contributed by atoms with Gasteiger partial charge in [0.1, 0.15) is 5.75 Å². The molecule has 21 heavy (non-hydrogen) atoms. The van der Waals surface area contributed by atoms with E-state index in [1.165, 1.54) is 0 Å². The van der Waals surface area contributed by atoms with Gasteiger partial charge in [-0.15, -0.1) is 0 Å². The van der Waals surface area contributed by atoms with Crippen molar-refractivity contribution in [1.29, 1.82) is 0 Å². The Morgan fingerprint density at radius 2 is 2.10 bits per heavy atom. The van der Waals surface area contributed by atoms with Gasteiger partial charge in [-0.05, 0) is 18.6 Å². The van der Waals surface area contributed by atoms with E-state index in [-0.39, 0.29) is 12.5 Å². The van der Waals surface area contributed by atoms with E-state index in [1.807, 2.05) is 29.2 Å². The molecule has 0 unspecified atom stereocenters. The summed E-state index contributed by atoms with van der Waals surface area (Å²) in [6.45, 7) is 5.73. The Morgan fingerprint density at radius 1 is 1.33 bits per heavy atom. The molecule has 1 heterocycles. The highest BCUT2D eigenvalue weighted by atomic mass is 16.5. The number of ether oxygens (including phenoxy) is 2. The molecule has 116 valence electrons. The number of unbranched alkanes of at least 4 members (excludes halogenated alkanes) is 1. The number of nitrogens with one attached hydrogen (secondary N) is 1. The van der Waals surface area contributed by atoms with Crippen LogP contribution in [-0.2, 0) is 9.53 Å². The summed E-state index contributed by atoms with van der Waals surface area (Å²) in [6.07, 6.45) is 2.13. The molecule has 5 heteroatoms. The molecule has 0 bridgehead atoms. The maximum Gasteiger partial charge on any atom is 0.242 e. The number of rotatable bonds is 7. The van der Waals surface area contributed by atoms with Gasteiger partial charge < -0.3 is 19.7 Å². The number of carbonyl (C=O) groups is 1. The largest absolute Gasteiger partial charge is 0.491 e. The Hall–Kier alpha value is -1.75. The van der Waals surface area contributed by atoms with Crippen LogP contribution in [0.25, 0.3) is 0 Å². The SMILES string of the molecule is CCCCOc1ccccc1NCC(=O)N1CCOCC1. The molecule has 0 aromatic heterocycles. The van der Waals surface area contributed by atoms with Gasteiger partial charge in [-0.2, -0.15) is 0 Å². The number of para-hydroxylation sites is 2. The predicted octanol–water partition coefficient (Wildman–Crippen LogP) is 2.14. The van der Waals surface area contributed by atoms with Gasteiger partial charge in [-0.25, -0.2) is 0 Å². The number of hydrogen-bond acceptors (Lipinski definition) is 4. The van der Waals surface area contributed by atoms with Crippen molar-refractivity contribution >= 4 is 11.6 Å². The monoisotopic (exact) mass is 292 g/mol. The molecule has 1 N–H and O–H groups in total. The van der Waals surface area contributed by atoms with E-state index in [0.29, 0.717) is 32.9 Å². The van der Waals surface area contributed by atoms with Crippen molar-refractivity contribution in [3.05, 3.63) is 24.3 Å². The van der Waals surface area contributed by atoms with Gasteiger partial charge in [0.25, 0.3) is 0 Å². The summed E-state index contributed by atoms with van der Waals surface area (Å²) in [4.78, 5) is 13.9. The molecule has 0 radical (unpaired) electrons. The number of benzene rings is 1. The summed E-state index contributed by atoms with van der Waals surface area (Å²) in [7, 11) is 0. The topological polar surface area (TPSA) is 50.8 Å².